The molecule has 88 valence electrons. The molecule has 0 aromatic carbocycles. The number of nitrogens with one attached hydrogen (secondary N) is 1. The van der Waals surface area contributed by atoms with E-state index in [1.165, 1.54) is 13.1 Å². The van der Waals surface area contributed by atoms with Gasteiger partial charge in [0.2, 0.25) is 0 Å². The lowest BCUT2D eigenvalue weighted by molar-refractivity contribution is 0.0941. The molecule has 0 aliphatic heterocycles. The number of aliphatic hydroxyl groups is 1. The molecule has 0 radical (unpaired) electrons. The molecular formula is C10H13FN2O3. The number of hydrogen-bond acceptors (Lipinski definition) is 3. The molecule has 1 aromatic rings. The van der Waals surface area contributed by atoms with E-state index in [0.29, 0.717) is 0 Å². The van der Waals surface area contributed by atoms with E-state index in [1.54, 1.807) is 6.92 Å². The highest BCUT2D eigenvalue weighted by atomic mass is 19.1. The predicted octanol–water partition coefficient (Wildman–Crippen LogP) is -0.130. The largest absolute Gasteiger partial charge is 0.396 e. The Labute approximate surface area is 90.5 Å². The lowest BCUT2D eigenvalue weighted by atomic mass is 10.1. The van der Waals surface area contributed by atoms with Crippen LogP contribution in [0.4, 0.5) is 4.39 Å². The van der Waals surface area contributed by atoms with Gasteiger partial charge in [0.25, 0.3) is 5.56 Å². The second kappa shape index (κ2) is 3.04. The summed E-state index contributed by atoms with van der Waals surface area (Å²) in [6.07, 6.45) is 1.27. The van der Waals surface area contributed by atoms with E-state index < -0.39 is 22.5 Å². The maximum Gasteiger partial charge on any atom is 0.330 e. The summed E-state index contributed by atoms with van der Waals surface area (Å²) in [5.41, 5.74) is -1.98. The standard InChI is InChI=1S/C10H13FN2O3/c1-6-3-13(8(16)12-7(6)15)10(11)4-9(10,2)5-14/h3,14H,4-5H2,1-2H3,(H,12,15,16)/t9-,10+/m1/s1. The summed E-state index contributed by atoms with van der Waals surface area (Å²) in [5.74, 6) is -1.90. The van der Waals surface area contributed by atoms with Crippen LogP contribution in [-0.4, -0.2) is 21.3 Å². The van der Waals surface area contributed by atoms with Gasteiger partial charge in [0.05, 0.1) is 6.61 Å². The third-order valence-corrected chi connectivity index (χ3v) is 3.28. The second-order valence-corrected chi connectivity index (χ2v) is 4.60. The number of rotatable bonds is 2. The number of aromatic nitrogens is 2. The smallest absolute Gasteiger partial charge is 0.330 e. The summed E-state index contributed by atoms with van der Waals surface area (Å²) in [5, 5.41) is 9.05. The van der Waals surface area contributed by atoms with E-state index in [0.717, 1.165) is 4.57 Å². The van der Waals surface area contributed by atoms with Crippen molar-refractivity contribution in [1.82, 2.24) is 9.55 Å². The van der Waals surface area contributed by atoms with E-state index in [9.17, 15) is 14.0 Å². The first-order valence-electron chi connectivity index (χ1n) is 4.97. The number of aryl methyl sites for hydroxylation is 1. The fraction of sp³-hybridized carbons (Fsp3) is 0.600. The molecule has 0 amide bonds. The summed E-state index contributed by atoms with van der Waals surface area (Å²) in [4.78, 5) is 24.6. The van der Waals surface area contributed by atoms with Crippen molar-refractivity contribution in [2.24, 2.45) is 5.41 Å². The zero-order valence-corrected chi connectivity index (χ0v) is 9.08. The van der Waals surface area contributed by atoms with Gasteiger partial charge in [-0.1, -0.05) is 6.92 Å². The predicted molar refractivity (Wildman–Crippen MR) is 55.0 cm³/mol. The van der Waals surface area contributed by atoms with Crippen LogP contribution in [0.5, 0.6) is 0 Å². The van der Waals surface area contributed by atoms with Gasteiger partial charge < -0.3 is 5.11 Å². The average Bonchev–Trinajstić information content (AvgIpc) is 2.77. The van der Waals surface area contributed by atoms with Gasteiger partial charge in [-0.05, 0) is 6.92 Å². The van der Waals surface area contributed by atoms with Gasteiger partial charge in [-0.15, -0.1) is 0 Å². The number of halogens is 1. The molecule has 2 N–H and O–H groups in total. The Bertz CT molecular complexity index is 550. The van der Waals surface area contributed by atoms with Crippen LogP contribution >= 0.6 is 0 Å². The average molecular weight is 228 g/mol. The van der Waals surface area contributed by atoms with Crippen molar-refractivity contribution in [3.8, 4) is 0 Å². The molecule has 1 fully saturated rings. The molecule has 0 saturated heterocycles. The van der Waals surface area contributed by atoms with Gasteiger partial charge in [-0.25, -0.2) is 9.18 Å². The first-order valence-corrected chi connectivity index (χ1v) is 4.97. The molecule has 2 rings (SSSR count). The van der Waals surface area contributed by atoms with Crippen LogP contribution in [0.2, 0.25) is 0 Å². The molecule has 1 saturated carbocycles. The van der Waals surface area contributed by atoms with Crippen molar-refractivity contribution < 1.29 is 9.50 Å². The Morgan fingerprint density at radius 3 is 2.75 bits per heavy atom. The van der Waals surface area contributed by atoms with Crippen molar-refractivity contribution in [3.63, 3.8) is 0 Å². The highest BCUT2D eigenvalue weighted by molar-refractivity contribution is 5.13. The maximum atomic E-state index is 14.3. The Morgan fingerprint density at radius 2 is 2.25 bits per heavy atom. The van der Waals surface area contributed by atoms with Crippen LogP contribution in [0, 0.1) is 12.3 Å². The lowest BCUT2D eigenvalue weighted by Crippen LogP contribution is -2.37. The highest BCUT2D eigenvalue weighted by Gasteiger charge is 2.68. The van der Waals surface area contributed by atoms with E-state index >= 15 is 0 Å². The van der Waals surface area contributed by atoms with E-state index in [4.69, 9.17) is 5.11 Å². The SMILES string of the molecule is Cc1cn([C@@]2(F)C[C@]2(C)CO)c(=O)[nH]c1=O. The Morgan fingerprint density at radius 1 is 1.62 bits per heavy atom. The minimum atomic E-state index is -1.90. The van der Waals surface area contributed by atoms with Crippen molar-refractivity contribution in [2.45, 2.75) is 26.1 Å². The third kappa shape index (κ3) is 1.26. The summed E-state index contributed by atoms with van der Waals surface area (Å²) in [7, 11) is 0. The summed E-state index contributed by atoms with van der Waals surface area (Å²) >= 11 is 0. The Balaban J connectivity index is 2.56. The quantitative estimate of drug-likeness (QED) is 0.740. The molecule has 5 nitrogen and oxygen atoms in total. The molecule has 0 bridgehead atoms. The van der Waals surface area contributed by atoms with Gasteiger partial charge in [-0.3, -0.25) is 14.3 Å². The number of aliphatic hydroxyl groups excluding tert-OH is 1. The number of hydrogen-bond donors (Lipinski definition) is 2. The topological polar surface area (TPSA) is 75.1 Å². The zero-order valence-electron chi connectivity index (χ0n) is 9.08. The summed E-state index contributed by atoms with van der Waals surface area (Å²) in [6.45, 7) is 2.71. The van der Waals surface area contributed by atoms with Gasteiger partial charge in [0.1, 0.15) is 0 Å². The molecular weight excluding hydrogens is 215 g/mol. The van der Waals surface area contributed by atoms with Crippen LogP contribution in [-0.2, 0) is 5.79 Å². The monoisotopic (exact) mass is 228 g/mol. The second-order valence-electron chi connectivity index (χ2n) is 4.60. The zero-order chi connectivity index (χ0) is 12.1. The Hall–Kier alpha value is -1.43. The number of H-pyrrole nitrogens is 1. The molecule has 1 aliphatic rings. The molecule has 0 spiro atoms. The van der Waals surface area contributed by atoms with Crippen molar-refractivity contribution in [1.29, 1.82) is 0 Å². The van der Waals surface area contributed by atoms with Crippen molar-refractivity contribution in [3.05, 3.63) is 32.6 Å². The van der Waals surface area contributed by atoms with E-state index in [-0.39, 0.29) is 18.6 Å². The number of aromatic amines is 1. The highest BCUT2D eigenvalue weighted by Crippen LogP contribution is 2.61. The molecule has 1 aromatic heterocycles. The molecule has 1 heterocycles. The normalized spacial score (nSPS) is 32.8. The van der Waals surface area contributed by atoms with Crippen LogP contribution in [0.15, 0.2) is 15.8 Å². The minimum Gasteiger partial charge on any atom is -0.396 e. The van der Waals surface area contributed by atoms with Crippen LogP contribution in [0.3, 0.4) is 0 Å². The first-order chi connectivity index (χ1) is 7.34. The first kappa shape index (κ1) is 11.1. The van der Waals surface area contributed by atoms with Crippen LogP contribution < -0.4 is 11.2 Å². The van der Waals surface area contributed by atoms with E-state index in [1.807, 2.05) is 4.98 Å². The van der Waals surface area contributed by atoms with Gasteiger partial charge in [0, 0.05) is 23.6 Å². The van der Waals surface area contributed by atoms with Gasteiger partial charge in [-0.2, -0.15) is 0 Å². The molecule has 16 heavy (non-hydrogen) atoms. The molecule has 2 atom stereocenters. The van der Waals surface area contributed by atoms with E-state index in [2.05, 4.69) is 0 Å². The van der Waals surface area contributed by atoms with Gasteiger partial charge >= 0.3 is 5.69 Å². The van der Waals surface area contributed by atoms with Crippen molar-refractivity contribution >= 4 is 0 Å². The molecule has 0 unspecified atom stereocenters. The number of nitrogens with zero attached hydrogens (tertiary/aromatic N) is 1. The fourth-order valence-corrected chi connectivity index (χ4v) is 1.86. The summed E-state index contributed by atoms with van der Waals surface area (Å²) in [6, 6.07) is 0. The maximum absolute atomic E-state index is 14.3. The molecule has 1 aliphatic carbocycles. The summed E-state index contributed by atoms with van der Waals surface area (Å²) < 4.78 is 15.2. The third-order valence-electron chi connectivity index (χ3n) is 3.28. The van der Waals surface area contributed by atoms with Gasteiger partial charge in [0.15, 0.2) is 5.79 Å². The number of alkyl halides is 1. The minimum absolute atomic E-state index is 0.0713. The lowest BCUT2D eigenvalue weighted by Gasteiger charge is -2.15. The Kier molecular flexibility index (Phi) is 2.10. The fourth-order valence-electron chi connectivity index (χ4n) is 1.86. The van der Waals surface area contributed by atoms with Crippen LogP contribution in [0.1, 0.15) is 18.9 Å². The van der Waals surface area contributed by atoms with Crippen LogP contribution in [0.25, 0.3) is 0 Å². The molecule has 6 heteroatoms. The van der Waals surface area contributed by atoms with Crippen molar-refractivity contribution in [2.75, 3.05) is 6.61 Å².